The van der Waals surface area contributed by atoms with E-state index in [9.17, 15) is 9.59 Å². The molecule has 0 N–H and O–H groups in total. The first-order valence-electron chi connectivity index (χ1n) is 9.84. The Balaban J connectivity index is 1.73. The number of rotatable bonds is 3. The number of hydrogen-bond donors (Lipinski definition) is 0. The Morgan fingerprint density at radius 1 is 1.07 bits per heavy atom. The molecular weight excluding hydrogens is 354 g/mol. The number of likely N-dealkylation sites (tertiary alicyclic amines) is 1. The van der Waals surface area contributed by atoms with E-state index in [4.69, 9.17) is 0 Å². The van der Waals surface area contributed by atoms with Crippen molar-refractivity contribution < 1.29 is 4.79 Å². The molecule has 0 radical (unpaired) electrons. The monoisotopic (exact) mass is 379 g/mol. The molecule has 0 aliphatic carbocycles. The van der Waals surface area contributed by atoms with Crippen molar-refractivity contribution in [2.24, 2.45) is 7.05 Å². The number of hydrogen-bond acceptors (Lipinski definition) is 4. The van der Waals surface area contributed by atoms with Crippen LogP contribution in [0.5, 0.6) is 0 Å². The number of carbonyl (C=O) groups is 1. The van der Waals surface area contributed by atoms with Gasteiger partial charge in [0.15, 0.2) is 5.82 Å². The van der Waals surface area contributed by atoms with Crippen LogP contribution in [0.4, 0.5) is 0 Å². The van der Waals surface area contributed by atoms with Gasteiger partial charge in [-0.05, 0) is 19.8 Å². The maximum Gasteiger partial charge on any atom is 0.279 e. The van der Waals surface area contributed by atoms with Crippen molar-refractivity contribution in [3.8, 4) is 11.4 Å². The molecule has 1 aliphatic heterocycles. The predicted molar refractivity (Wildman–Crippen MR) is 107 cm³/mol. The normalized spacial score (nSPS) is 15.0. The maximum absolute atomic E-state index is 13.1. The van der Waals surface area contributed by atoms with Crippen molar-refractivity contribution in [1.29, 1.82) is 0 Å². The Bertz CT molecular complexity index is 1060. The first kappa shape index (κ1) is 18.4. The molecule has 1 amide bonds. The molecule has 3 aromatic rings. The van der Waals surface area contributed by atoms with Gasteiger partial charge in [0.2, 0.25) is 11.7 Å². The van der Waals surface area contributed by atoms with Gasteiger partial charge in [0.25, 0.3) is 5.56 Å². The molecule has 1 aromatic carbocycles. The number of fused-ring (bicyclic) bond motifs is 1. The van der Waals surface area contributed by atoms with Crippen LogP contribution in [-0.4, -0.2) is 43.1 Å². The Morgan fingerprint density at radius 2 is 1.75 bits per heavy atom. The van der Waals surface area contributed by atoms with Crippen LogP contribution in [-0.2, 0) is 18.3 Å². The van der Waals surface area contributed by atoms with Crippen LogP contribution < -0.4 is 5.56 Å². The van der Waals surface area contributed by atoms with Gasteiger partial charge in [-0.3, -0.25) is 9.59 Å². The first-order chi connectivity index (χ1) is 13.6. The quantitative estimate of drug-likeness (QED) is 0.700. The molecule has 0 bridgehead atoms. The molecule has 28 heavy (non-hydrogen) atoms. The highest BCUT2D eigenvalue weighted by molar-refractivity contribution is 5.79. The van der Waals surface area contributed by atoms with E-state index in [0.29, 0.717) is 17.2 Å². The summed E-state index contributed by atoms with van der Waals surface area (Å²) in [5.74, 6) is 1.00. The SMILES string of the molecule is Cc1c(CC(=O)N2CCCCCC2)c(=O)n2nc(-c3ccccc3)nc2n1C. The molecule has 0 unspecified atom stereocenters. The van der Waals surface area contributed by atoms with E-state index in [-0.39, 0.29) is 17.9 Å². The van der Waals surface area contributed by atoms with E-state index in [1.54, 1.807) is 0 Å². The van der Waals surface area contributed by atoms with Crippen molar-refractivity contribution >= 4 is 11.7 Å². The number of amides is 1. The van der Waals surface area contributed by atoms with Crippen LogP contribution in [0.3, 0.4) is 0 Å². The van der Waals surface area contributed by atoms with Crippen LogP contribution in [0.1, 0.15) is 36.9 Å². The molecule has 0 saturated carbocycles. The molecule has 2 aromatic heterocycles. The van der Waals surface area contributed by atoms with Crippen molar-refractivity contribution in [1.82, 2.24) is 24.1 Å². The minimum Gasteiger partial charge on any atom is -0.342 e. The van der Waals surface area contributed by atoms with Crippen molar-refractivity contribution in [3.63, 3.8) is 0 Å². The first-order valence-corrected chi connectivity index (χ1v) is 9.84. The minimum absolute atomic E-state index is 0.0184. The maximum atomic E-state index is 13.1. The summed E-state index contributed by atoms with van der Waals surface area (Å²) in [6.07, 6.45) is 4.50. The van der Waals surface area contributed by atoms with Gasteiger partial charge >= 0.3 is 0 Å². The third kappa shape index (κ3) is 3.32. The second kappa shape index (κ2) is 7.58. The van der Waals surface area contributed by atoms with Crippen molar-refractivity contribution in [2.45, 2.75) is 39.0 Å². The van der Waals surface area contributed by atoms with E-state index in [1.165, 1.54) is 4.52 Å². The summed E-state index contributed by atoms with van der Waals surface area (Å²) in [7, 11) is 1.85. The standard InChI is InChI=1S/C21H25N5O2/c1-15-17(14-18(27)25-12-8-3-4-9-13-25)20(28)26-21(24(15)2)22-19(23-26)16-10-6-5-7-11-16/h5-7,10-11H,3-4,8-9,12-14H2,1-2H3. The van der Waals surface area contributed by atoms with Crippen LogP contribution in [0.2, 0.25) is 0 Å². The van der Waals surface area contributed by atoms with Crippen molar-refractivity contribution in [2.75, 3.05) is 13.1 Å². The summed E-state index contributed by atoms with van der Waals surface area (Å²) in [5.41, 5.74) is 1.84. The molecule has 4 rings (SSSR count). The average Bonchev–Trinajstić information content (AvgIpc) is 2.98. The zero-order valence-corrected chi connectivity index (χ0v) is 16.4. The van der Waals surface area contributed by atoms with E-state index < -0.39 is 0 Å². The summed E-state index contributed by atoms with van der Waals surface area (Å²) < 4.78 is 3.16. The van der Waals surface area contributed by atoms with Gasteiger partial charge in [0.05, 0.1) is 6.42 Å². The Hall–Kier alpha value is -2.96. The van der Waals surface area contributed by atoms with Gasteiger partial charge in [0, 0.05) is 37.0 Å². The molecular formula is C21H25N5O2. The minimum atomic E-state index is -0.261. The highest BCUT2D eigenvalue weighted by atomic mass is 16.2. The van der Waals surface area contributed by atoms with Gasteiger partial charge in [-0.1, -0.05) is 43.2 Å². The van der Waals surface area contributed by atoms with Gasteiger partial charge in [-0.15, -0.1) is 5.10 Å². The van der Waals surface area contributed by atoms with E-state index in [0.717, 1.165) is 50.0 Å². The van der Waals surface area contributed by atoms with E-state index >= 15 is 0 Å². The van der Waals surface area contributed by atoms with E-state index in [2.05, 4.69) is 10.1 Å². The number of nitrogens with zero attached hydrogens (tertiary/aromatic N) is 5. The average molecular weight is 379 g/mol. The second-order valence-corrected chi connectivity index (χ2v) is 7.41. The fourth-order valence-corrected chi connectivity index (χ4v) is 3.79. The van der Waals surface area contributed by atoms with Gasteiger partial charge in [-0.2, -0.15) is 9.50 Å². The Kier molecular flexibility index (Phi) is 4.98. The number of aromatic nitrogens is 4. The summed E-state index contributed by atoms with van der Waals surface area (Å²) in [6, 6.07) is 9.58. The van der Waals surface area contributed by atoms with E-state index in [1.807, 2.05) is 53.8 Å². The third-order valence-electron chi connectivity index (χ3n) is 5.60. The smallest absolute Gasteiger partial charge is 0.279 e. The molecule has 7 nitrogen and oxygen atoms in total. The topological polar surface area (TPSA) is 72.5 Å². The highest BCUT2D eigenvalue weighted by Gasteiger charge is 2.22. The molecule has 3 heterocycles. The summed E-state index contributed by atoms with van der Waals surface area (Å²) in [5, 5.41) is 4.43. The van der Waals surface area contributed by atoms with Gasteiger partial charge in [0.1, 0.15) is 0 Å². The van der Waals surface area contributed by atoms with Crippen LogP contribution in [0.15, 0.2) is 35.1 Å². The Morgan fingerprint density at radius 3 is 2.43 bits per heavy atom. The number of benzene rings is 1. The molecule has 7 heteroatoms. The number of carbonyl (C=O) groups excluding carboxylic acids is 1. The van der Waals surface area contributed by atoms with Gasteiger partial charge in [-0.25, -0.2) is 0 Å². The summed E-state index contributed by atoms with van der Waals surface area (Å²) in [6.45, 7) is 3.42. The highest BCUT2D eigenvalue weighted by Crippen LogP contribution is 2.17. The van der Waals surface area contributed by atoms with Crippen LogP contribution in [0, 0.1) is 6.92 Å². The van der Waals surface area contributed by atoms with Gasteiger partial charge < -0.3 is 9.47 Å². The summed E-state index contributed by atoms with van der Waals surface area (Å²) in [4.78, 5) is 32.4. The predicted octanol–water partition coefficient (Wildman–Crippen LogP) is 2.35. The van der Waals surface area contributed by atoms with Crippen molar-refractivity contribution in [3.05, 3.63) is 51.9 Å². The lowest BCUT2D eigenvalue weighted by Crippen LogP contribution is -2.36. The third-order valence-corrected chi connectivity index (χ3v) is 5.60. The Labute approximate surface area is 163 Å². The molecule has 1 fully saturated rings. The number of aryl methyl sites for hydroxylation is 1. The molecule has 146 valence electrons. The molecule has 0 atom stereocenters. The zero-order valence-electron chi connectivity index (χ0n) is 16.4. The van der Waals surface area contributed by atoms with Crippen LogP contribution in [0.25, 0.3) is 17.2 Å². The fraction of sp³-hybridized carbons (Fsp3) is 0.429. The second-order valence-electron chi connectivity index (χ2n) is 7.41. The fourth-order valence-electron chi connectivity index (χ4n) is 3.79. The largest absolute Gasteiger partial charge is 0.342 e. The lowest BCUT2D eigenvalue weighted by Gasteiger charge is -2.21. The zero-order chi connectivity index (χ0) is 19.7. The lowest BCUT2D eigenvalue weighted by molar-refractivity contribution is -0.130. The molecule has 1 saturated heterocycles. The summed E-state index contributed by atoms with van der Waals surface area (Å²) >= 11 is 0. The molecule has 1 aliphatic rings. The van der Waals surface area contributed by atoms with Crippen LogP contribution >= 0.6 is 0 Å². The lowest BCUT2D eigenvalue weighted by atomic mass is 10.1. The molecule has 0 spiro atoms.